The van der Waals surface area contributed by atoms with Gasteiger partial charge in [-0.1, -0.05) is 6.42 Å². The number of benzene rings is 1. The van der Waals surface area contributed by atoms with Crippen molar-refractivity contribution in [3.63, 3.8) is 0 Å². The fourth-order valence-corrected chi connectivity index (χ4v) is 5.17. The van der Waals surface area contributed by atoms with E-state index in [1.54, 1.807) is 11.8 Å². The molecule has 3 rings (SSSR count). The minimum absolute atomic E-state index is 0.208. The van der Waals surface area contributed by atoms with Crippen LogP contribution in [0.25, 0.3) is 0 Å². The van der Waals surface area contributed by atoms with E-state index >= 15 is 0 Å². The van der Waals surface area contributed by atoms with E-state index < -0.39 is 28.6 Å². The van der Waals surface area contributed by atoms with Gasteiger partial charge in [-0.25, -0.2) is 13.2 Å². The molecule has 2 saturated heterocycles. The van der Waals surface area contributed by atoms with Crippen LogP contribution in [0.1, 0.15) is 37.7 Å². The predicted octanol–water partition coefficient (Wildman–Crippen LogP) is 3.74. The summed E-state index contributed by atoms with van der Waals surface area (Å²) in [6.45, 7) is 0. The number of rotatable bonds is 1. The molecule has 2 aliphatic heterocycles. The Morgan fingerprint density at radius 1 is 1.05 bits per heavy atom. The van der Waals surface area contributed by atoms with Gasteiger partial charge in [0.25, 0.3) is 0 Å². The van der Waals surface area contributed by atoms with Crippen molar-refractivity contribution in [2.75, 3.05) is 0 Å². The van der Waals surface area contributed by atoms with E-state index in [2.05, 4.69) is 0 Å². The van der Waals surface area contributed by atoms with Gasteiger partial charge in [0.15, 0.2) is 11.6 Å². The molecular formula is C14H15F3OS. The summed E-state index contributed by atoms with van der Waals surface area (Å²) in [6.07, 6.45) is 3.58. The van der Waals surface area contributed by atoms with Gasteiger partial charge >= 0.3 is 0 Å². The Morgan fingerprint density at radius 2 is 1.63 bits per heavy atom. The van der Waals surface area contributed by atoms with Gasteiger partial charge in [0.05, 0.1) is 11.2 Å². The normalized spacial score (nSPS) is 34.3. The van der Waals surface area contributed by atoms with Gasteiger partial charge in [0.2, 0.25) is 0 Å². The van der Waals surface area contributed by atoms with Gasteiger partial charge in [0, 0.05) is 10.5 Å². The first kappa shape index (κ1) is 13.3. The second-order valence-electron chi connectivity index (χ2n) is 5.47. The molecule has 2 atom stereocenters. The van der Waals surface area contributed by atoms with Crippen LogP contribution in [0, 0.1) is 17.5 Å². The zero-order valence-corrected chi connectivity index (χ0v) is 11.2. The van der Waals surface area contributed by atoms with E-state index in [1.807, 2.05) is 0 Å². The van der Waals surface area contributed by atoms with Gasteiger partial charge in [-0.05, 0) is 37.8 Å². The highest BCUT2D eigenvalue weighted by atomic mass is 32.2. The Labute approximate surface area is 114 Å². The molecule has 5 heteroatoms. The van der Waals surface area contributed by atoms with Crippen molar-refractivity contribution >= 4 is 11.8 Å². The summed E-state index contributed by atoms with van der Waals surface area (Å²) < 4.78 is 41.1. The van der Waals surface area contributed by atoms with Gasteiger partial charge in [-0.15, -0.1) is 0 Å². The average Bonchev–Trinajstić information content (AvgIpc) is 2.33. The third kappa shape index (κ3) is 2.27. The van der Waals surface area contributed by atoms with Crippen molar-refractivity contribution in [1.29, 1.82) is 0 Å². The monoisotopic (exact) mass is 288 g/mol. The molecule has 0 amide bonds. The van der Waals surface area contributed by atoms with E-state index in [1.165, 1.54) is 0 Å². The third-order valence-electron chi connectivity index (χ3n) is 4.08. The van der Waals surface area contributed by atoms with Crippen LogP contribution in [0.15, 0.2) is 12.1 Å². The first-order valence-corrected chi connectivity index (χ1v) is 7.46. The minimum Gasteiger partial charge on any atom is -0.385 e. The van der Waals surface area contributed by atoms with Crippen molar-refractivity contribution in [2.24, 2.45) is 0 Å². The van der Waals surface area contributed by atoms with Crippen LogP contribution >= 0.6 is 11.8 Å². The number of thioether (sulfide) groups is 1. The molecular weight excluding hydrogens is 273 g/mol. The van der Waals surface area contributed by atoms with Gasteiger partial charge in [-0.3, -0.25) is 0 Å². The lowest BCUT2D eigenvalue weighted by Gasteiger charge is -2.44. The molecule has 0 aromatic heterocycles. The van der Waals surface area contributed by atoms with E-state index in [-0.39, 0.29) is 10.5 Å². The summed E-state index contributed by atoms with van der Waals surface area (Å²) in [5, 5.41) is 11.1. The van der Waals surface area contributed by atoms with Crippen LogP contribution in [0.5, 0.6) is 0 Å². The smallest absolute Gasteiger partial charge is 0.167 e. The summed E-state index contributed by atoms with van der Waals surface area (Å²) in [4.78, 5) is 0. The molecule has 2 bridgehead atoms. The van der Waals surface area contributed by atoms with Crippen molar-refractivity contribution in [3.8, 4) is 0 Å². The van der Waals surface area contributed by atoms with Crippen LogP contribution < -0.4 is 0 Å². The molecule has 1 aromatic rings. The number of aliphatic hydroxyl groups is 1. The molecule has 2 fully saturated rings. The minimum atomic E-state index is -1.57. The number of fused-ring (bicyclic) bond motifs is 2. The van der Waals surface area contributed by atoms with E-state index in [9.17, 15) is 18.3 Å². The fraction of sp³-hybridized carbons (Fsp3) is 0.571. The maximum atomic E-state index is 13.9. The summed E-state index contributed by atoms with van der Waals surface area (Å²) in [7, 11) is 0. The van der Waals surface area contributed by atoms with E-state index in [4.69, 9.17) is 0 Å². The van der Waals surface area contributed by atoms with Crippen LogP contribution in [-0.2, 0) is 5.60 Å². The molecule has 104 valence electrons. The lowest BCUT2D eigenvalue weighted by molar-refractivity contribution is 0.000921. The molecule has 2 heterocycles. The third-order valence-corrected chi connectivity index (χ3v) is 5.65. The summed E-state index contributed by atoms with van der Waals surface area (Å²) in [6, 6.07) is 1.65. The maximum Gasteiger partial charge on any atom is 0.167 e. The number of halogens is 3. The Bertz CT molecular complexity index is 494. The number of hydrogen-bond acceptors (Lipinski definition) is 2. The summed E-state index contributed by atoms with van der Waals surface area (Å²) >= 11 is 1.79. The highest BCUT2D eigenvalue weighted by molar-refractivity contribution is 8.00. The Balaban J connectivity index is 2.03. The fourth-order valence-electron chi connectivity index (χ4n) is 3.28. The largest absolute Gasteiger partial charge is 0.385 e. The van der Waals surface area contributed by atoms with E-state index in [0.29, 0.717) is 12.8 Å². The molecule has 0 radical (unpaired) electrons. The highest BCUT2D eigenvalue weighted by Crippen LogP contribution is 2.50. The molecule has 0 spiro atoms. The predicted molar refractivity (Wildman–Crippen MR) is 68.5 cm³/mol. The highest BCUT2D eigenvalue weighted by Gasteiger charge is 2.45. The van der Waals surface area contributed by atoms with Gasteiger partial charge in [-0.2, -0.15) is 11.8 Å². The topological polar surface area (TPSA) is 20.2 Å². The SMILES string of the molecule is OC1(c2c(F)ccc(F)c2F)CC2CCCC(C1)S2. The zero-order valence-electron chi connectivity index (χ0n) is 10.3. The van der Waals surface area contributed by atoms with Crippen molar-refractivity contribution in [3.05, 3.63) is 35.1 Å². The molecule has 1 aromatic carbocycles. The molecule has 1 nitrogen and oxygen atoms in total. The second kappa shape index (κ2) is 4.70. The van der Waals surface area contributed by atoms with Crippen molar-refractivity contribution in [2.45, 2.75) is 48.2 Å². The van der Waals surface area contributed by atoms with Gasteiger partial charge < -0.3 is 5.11 Å². The van der Waals surface area contributed by atoms with Crippen molar-refractivity contribution < 1.29 is 18.3 Å². The van der Waals surface area contributed by atoms with E-state index in [0.717, 1.165) is 31.4 Å². The molecule has 1 N–H and O–H groups in total. The Morgan fingerprint density at radius 3 is 2.26 bits per heavy atom. The standard InChI is InChI=1S/C14H15F3OS/c15-10-4-5-11(16)13(17)12(10)14(18)6-8-2-1-3-9(7-14)19-8/h4-5,8-9,18H,1-3,6-7H2. The molecule has 19 heavy (non-hydrogen) atoms. The quantitative estimate of drug-likeness (QED) is 0.794. The first-order chi connectivity index (χ1) is 8.99. The number of hydrogen-bond donors (Lipinski definition) is 1. The van der Waals surface area contributed by atoms with Crippen LogP contribution in [0.2, 0.25) is 0 Å². The van der Waals surface area contributed by atoms with Crippen LogP contribution in [-0.4, -0.2) is 15.6 Å². The Kier molecular flexibility index (Phi) is 3.29. The van der Waals surface area contributed by atoms with Gasteiger partial charge in [0.1, 0.15) is 5.82 Å². The molecule has 0 saturated carbocycles. The molecule has 2 aliphatic rings. The first-order valence-electron chi connectivity index (χ1n) is 6.51. The maximum absolute atomic E-state index is 13.9. The van der Waals surface area contributed by atoms with Crippen LogP contribution in [0.4, 0.5) is 13.2 Å². The van der Waals surface area contributed by atoms with Crippen molar-refractivity contribution in [1.82, 2.24) is 0 Å². The van der Waals surface area contributed by atoms with Crippen LogP contribution in [0.3, 0.4) is 0 Å². The summed E-state index contributed by atoms with van der Waals surface area (Å²) in [5.41, 5.74) is -2.05. The molecule has 2 unspecified atom stereocenters. The second-order valence-corrected chi connectivity index (χ2v) is 7.07. The molecule has 0 aliphatic carbocycles. The zero-order chi connectivity index (χ0) is 13.6. The summed E-state index contributed by atoms with van der Waals surface area (Å²) in [5.74, 6) is -3.20. The average molecular weight is 288 g/mol. The lowest BCUT2D eigenvalue weighted by atomic mass is 9.80. The Hall–Kier alpha value is -0.680. The lowest BCUT2D eigenvalue weighted by Crippen LogP contribution is -2.42.